The third-order valence-electron chi connectivity index (χ3n) is 6.47. The van der Waals surface area contributed by atoms with Gasteiger partial charge in [0, 0.05) is 23.9 Å². The first-order valence-electron chi connectivity index (χ1n) is 11.1. The first-order chi connectivity index (χ1) is 15.7. The predicted molar refractivity (Wildman–Crippen MR) is 120 cm³/mol. The van der Waals surface area contributed by atoms with Gasteiger partial charge in [0.1, 0.15) is 12.4 Å². The number of morpholine rings is 1. The lowest BCUT2D eigenvalue weighted by Gasteiger charge is -2.47. The molecule has 0 radical (unpaired) electrons. The first kappa shape index (κ1) is 20.6. The van der Waals surface area contributed by atoms with Gasteiger partial charge in [-0.1, -0.05) is 54.6 Å². The van der Waals surface area contributed by atoms with Gasteiger partial charge in [-0.2, -0.15) is 0 Å². The van der Waals surface area contributed by atoms with Crippen molar-refractivity contribution in [1.82, 2.24) is 9.88 Å². The van der Waals surface area contributed by atoms with Crippen LogP contribution in [0.4, 0.5) is 4.79 Å². The van der Waals surface area contributed by atoms with Crippen molar-refractivity contribution in [1.29, 1.82) is 0 Å². The summed E-state index contributed by atoms with van der Waals surface area (Å²) >= 11 is 0. The van der Waals surface area contributed by atoms with Gasteiger partial charge < -0.3 is 9.47 Å². The van der Waals surface area contributed by atoms with Crippen LogP contribution in [0.3, 0.4) is 0 Å². The zero-order valence-electron chi connectivity index (χ0n) is 17.9. The molecule has 2 unspecified atom stereocenters. The average Bonchev–Trinajstić information content (AvgIpc) is 2.82. The van der Waals surface area contributed by atoms with Gasteiger partial charge in [0.15, 0.2) is 0 Å². The molecule has 3 heterocycles. The zero-order chi connectivity index (χ0) is 21.9. The van der Waals surface area contributed by atoms with Crippen LogP contribution in [0.2, 0.25) is 0 Å². The van der Waals surface area contributed by atoms with E-state index in [1.165, 1.54) is 0 Å². The number of benzene rings is 2. The molecule has 1 aromatic heterocycles. The smallest absolute Gasteiger partial charge is 0.410 e. The van der Waals surface area contributed by atoms with Crippen molar-refractivity contribution in [3.05, 3.63) is 78.0 Å². The third kappa shape index (κ3) is 4.23. The summed E-state index contributed by atoms with van der Waals surface area (Å²) in [7, 11) is 0. The van der Waals surface area contributed by atoms with Crippen LogP contribution in [0, 0.1) is 5.92 Å². The highest BCUT2D eigenvalue weighted by Crippen LogP contribution is 2.34. The molecule has 2 atom stereocenters. The van der Waals surface area contributed by atoms with E-state index in [0.29, 0.717) is 32.5 Å². The maximum atomic E-state index is 13.2. The van der Waals surface area contributed by atoms with Gasteiger partial charge in [0.25, 0.3) is 0 Å². The van der Waals surface area contributed by atoms with Gasteiger partial charge in [0.2, 0.25) is 0 Å². The summed E-state index contributed by atoms with van der Waals surface area (Å²) < 4.78 is 11.3. The molecule has 2 aliphatic heterocycles. The quantitative estimate of drug-likeness (QED) is 0.608. The Labute approximate surface area is 187 Å². The number of nitrogens with zero attached hydrogens (tertiary/aromatic N) is 2. The fraction of sp³-hybridized carbons (Fsp3) is 0.346. The molecule has 2 saturated heterocycles. The maximum absolute atomic E-state index is 13.2. The number of Topliss-reactive ketones (excluding diaryl/α,β-unsaturated/α-hetero) is 1. The number of para-hydroxylation sites is 1. The third-order valence-corrected chi connectivity index (χ3v) is 6.47. The van der Waals surface area contributed by atoms with E-state index in [9.17, 15) is 9.59 Å². The van der Waals surface area contributed by atoms with Gasteiger partial charge in [-0.05, 0) is 30.0 Å². The van der Waals surface area contributed by atoms with Crippen molar-refractivity contribution < 1.29 is 19.1 Å². The Kier molecular flexibility index (Phi) is 5.86. The second kappa shape index (κ2) is 9.09. The normalized spacial score (nSPS) is 22.5. The number of ether oxygens (including phenoxy) is 2. The van der Waals surface area contributed by atoms with Gasteiger partial charge in [-0.3, -0.25) is 14.7 Å². The molecule has 32 heavy (non-hydrogen) atoms. The highest BCUT2D eigenvalue weighted by molar-refractivity contribution is 5.89. The summed E-state index contributed by atoms with van der Waals surface area (Å²) in [5.41, 5.74) is 2.80. The molecule has 2 bridgehead atoms. The minimum absolute atomic E-state index is 0.0916. The first-order valence-corrected chi connectivity index (χ1v) is 11.1. The molecule has 164 valence electrons. The molecule has 0 N–H and O–H groups in total. The van der Waals surface area contributed by atoms with Gasteiger partial charge in [0.05, 0.1) is 30.8 Å². The van der Waals surface area contributed by atoms with Crippen molar-refractivity contribution in [3.63, 3.8) is 0 Å². The standard InChI is InChI=1S/C26H26N2O4/c29-24(14-20-9-4-8-19-10-5-11-27-25(19)20)21-12-22-16-31-17-23(13-21)28(22)26(30)32-15-18-6-2-1-3-7-18/h1-11,21-23H,12-17H2. The highest BCUT2D eigenvalue weighted by Gasteiger charge is 2.44. The number of carbonyl (C=O) groups is 2. The SMILES string of the molecule is O=C(Cc1cccc2cccnc12)C1CC2COCC(C1)N2C(=O)OCc1ccccc1. The molecule has 6 heteroatoms. The van der Waals surface area contributed by atoms with Crippen LogP contribution in [-0.4, -0.2) is 47.1 Å². The molecule has 6 nitrogen and oxygen atoms in total. The summed E-state index contributed by atoms with van der Waals surface area (Å²) in [6.07, 6.45) is 3.01. The number of fused-ring (bicyclic) bond motifs is 3. The number of rotatable bonds is 5. The Morgan fingerprint density at radius 1 is 0.969 bits per heavy atom. The molecule has 0 spiro atoms. The van der Waals surface area contributed by atoms with E-state index in [1.807, 2.05) is 60.7 Å². The number of amides is 1. The Morgan fingerprint density at radius 2 is 1.72 bits per heavy atom. The number of hydrogen-bond acceptors (Lipinski definition) is 5. The van der Waals surface area contributed by atoms with Crippen LogP contribution >= 0.6 is 0 Å². The largest absolute Gasteiger partial charge is 0.445 e. The molecule has 0 saturated carbocycles. The molecule has 2 aliphatic rings. The molecular weight excluding hydrogens is 404 g/mol. The van der Waals surface area contributed by atoms with E-state index >= 15 is 0 Å². The van der Waals surface area contributed by atoms with E-state index in [2.05, 4.69) is 4.98 Å². The second-order valence-corrected chi connectivity index (χ2v) is 8.60. The van der Waals surface area contributed by atoms with Crippen molar-refractivity contribution >= 4 is 22.8 Å². The number of pyridine rings is 1. The minimum atomic E-state index is -0.323. The van der Waals surface area contributed by atoms with Crippen molar-refractivity contribution in [2.45, 2.75) is 38.0 Å². The molecule has 3 aromatic rings. The summed E-state index contributed by atoms with van der Waals surface area (Å²) in [4.78, 5) is 32.4. The predicted octanol–water partition coefficient (Wildman–Crippen LogP) is 4.16. The van der Waals surface area contributed by atoms with Gasteiger partial charge in [-0.15, -0.1) is 0 Å². The molecule has 2 aromatic carbocycles. The summed E-state index contributed by atoms with van der Waals surface area (Å²) in [6.45, 7) is 1.12. The fourth-order valence-corrected chi connectivity index (χ4v) is 4.91. The lowest BCUT2D eigenvalue weighted by atomic mass is 9.81. The number of carbonyl (C=O) groups excluding carboxylic acids is 2. The van der Waals surface area contributed by atoms with Crippen LogP contribution in [0.15, 0.2) is 66.9 Å². The molecule has 1 amide bonds. The Balaban J connectivity index is 1.25. The van der Waals surface area contributed by atoms with Crippen molar-refractivity contribution in [3.8, 4) is 0 Å². The molecule has 5 rings (SSSR count). The van der Waals surface area contributed by atoms with Crippen molar-refractivity contribution in [2.24, 2.45) is 5.92 Å². The second-order valence-electron chi connectivity index (χ2n) is 8.60. The summed E-state index contributed by atoms with van der Waals surface area (Å²) in [5, 5.41) is 1.04. The number of hydrogen-bond donors (Lipinski definition) is 0. The molecule has 2 fully saturated rings. The summed E-state index contributed by atoms with van der Waals surface area (Å²) in [6, 6.07) is 19.3. The lowest BCUT2D eigenvalue weighted by molar-refractivity contribution is -0.130. The van der Waals surface area contributed by atoms with E-state index in [0.717, 1.165) is 22.0 Å². The van der Waals surface area contributed by atoms with Gasteiger partial charge >= 0.3 is 6.09 Å². The van der Waals surface area contributed by atoms with Crippen LogP contribution < -0.4 is 0 Å². The number of aromatic nitrogens is 1. The zero-order valence-corrected chi connectivity index (χ0v) is 17.9. The molecular formula is C26H26N2O4. The average molecular weight is 431 g/mol. The number of ketones is 1. The minimum Gasteiger partial charge on any atom is -0.445 e. The summed E-state index contributed by atoms with van der Waals surface area (Å²) in [5.74, 6) is 0.114. The van der Waals surface area contributed by atoms with E-state index in [-0.39, 0.29) is 36.5 Å². The topological polar surface area (TPSA) is 68.7 Å². The van der Waals surface area contributed by atoms with E-state index in [1.54, 1.807) is 11.1 Å². The van der Waals surface area contributed by atoms with Crippen LogP contribution in [0.5, 0.6) is 0 Å². The molecule has 0 aliphatic carbocycles. The Morgan fingerprint density at radius 3 is 2.50 bits per heavy atom. The van der Waals surface area contributed by atoms with E-state index in [4.69, 9.17) is 9.47 Å². The monoisotopic (exact) mass is 430 g/mol. The Hall–Kier alpha value is -3.25. The van der Waals surface area contributed by atoms with Crippen LogP contribution in [0.25, 0.3) is 10.9 Å². The Bertz CT molecular complexity index is 1100. The van der Waals surface area contributed by atoms with Crippen LogP contribution in [0.1, 0.15) is 24.0 Å². The fourth-order valence-electron chi connectivity index (χ4n) is 4.91. The van der Waals surface area contributed by atoms with Crippen molar-refractivity contribution in [2.75, 3.05) is 13.2 Å². The lowest BCUT2D eigenvalue weighted by Crippen LogP contribution is -2.60. The highest BCUT2D eigenvalue weighted by atomic mass is 16.6. The maximum Gasteiger partial charge on any atom is 0.410 e. The van der Waals surface area contributed by atoms with Crippen LogP contribution in [-0.2, 0) is 27.3 Å². The van der Waals surface area contributed by atoms with E-state index < -0.39 is 0 Å². The number of piperidine rings is 1. The van der Waals surface area contributed by atoms with Gasteiger partial charge in [-0.25, -0.2) is 4.79 Å².